The van der Waals surface area contributed by atoms with Crippen LogP contribution in [-0.2, 0) is 9.59 Å². The van der Waals surface area contributed by atoms with Crippen LogP contribution in [-0.4, -0.2) is 67.7 Å². The molecule has 9 heteroatoms. The van der Waals surface area contributed by atoms with E-state index in [1.165, 1.54) is 0 Å². The summed E-state index contributed by atoms with van der Waals surface area (Å²) in [5, 5.41) is 4.78. The van der Waals surface area contributed by atoms with Crippen molar-refractivity contribution in [2.24, 2.45) is 0 Å². The lowest BCUT2D eigenvalue weighted by Gasteiger charge is -2.22. The highest BCUT2D eigenvalue weighted by Gasteiger charge is 2.17. The number of hydrogen-bond donors (Lipinski definition) is 2. The number of amides is 4. The Balaban J connectivity index is 1.78. The molecule has 9 nitrogen and oxygen atoms in total. The van der Waals surface area contributed by atoms with Crippen LogP contribution < -0.4 is 20.1 Å². The highest BCUT2D eigenvalue weighted by atomic mass is 16.7. The predicted molar refractivity (Wildman–Crippen MR) is 95.2 cm³/mol. The van der Waals surface area contributed by atoms with Crippen molar-refractivity contribution in [1.29, 1.82) is 0 Å². The molecule has 1 aliphatic rings. The van der Waals surface area contributed by atoms with Gasteiger partial charge in [0.1, 0.15) is 0 Å². The lowest BCUT2D eigenvalue weighted by molar-refractivity contribution is -0.132. The van der Waals surface area contributed by atoms with E-state index in [4.69, 9.17) is 9.47 Å². The molecule has 0 spiro atoms. The van der Waals surface area contributed by atoms with E-state index in [9.17, 15) is 14.4 Å². The third-order valence-electron chi connectivity index (χ3n) is 3.82. The first-order valence-electron chi connectivity index (χ1n) is 8.39. The first-order chi connectivity index (χ1) is 12.4. The average molecular weight is 364 g/mol. The molecule has 1 heterocycles. The smallest absolute Gasteiger partial charge is 0.325 e. The number of carbonyl (C=O) groups excluding carboxylic acids is 3. The Hall–Kier alpha value is -2.81. The number of nitrogens with one attached hydrogen (secondary N) is 2. The van der Waals surface area contributed by atoms with Gasteiger partial charge in [-0.1, -0.05) is 0 Å². The molecule has 0 aliphatic carbocycles. The first-order valence-corrected chi connectivity index (χ1v) is 8.39. The lowest BCUT2D eigenvalue weighted by Crippen LogP contribution is -2.44. The molecule has 2 N–H and O–H groups in total. The van der Waals surface area contributed by atoms with Gasteiger partial charge in [0.25, 0.3) is 0 Å². The SMILES string of the molecule is CCN(CC)C(=O)CN(C)CC(=O)NC(=O)Nc1ccc2c(c1)OCO2. The number of ether oxygens (including phenoxy) is 2. The topological polar surface area (TPSA) is 100 Å². The number of urea groups is 1. The lowest BCUT2D eigenvalue weighted by atomic mass is 10.3. The fourth-order valence-corrected chi connectivity index (χ4v) is 2.51. The van der Waals surface area contributed by atoms with E-state index in [1.807, 2.05) is 13.8 Å². The second kappa shape index (κ2) is 9.04. The van der Waals surface area contributed by atoms with E-state index in [0.29, 0.717) is 30.3 Å². The molecule has 0 saturated carbocycles. The summed E-state index contributed by atoms with van der Waals surface area (Å²) in [6.45, 7) is 5.21. The van der Waals surface area contributed by atoms with Crippen LogP contribution in [0.3, 0.4) is 0 Å². The summed E-state index contributed by atoms with van der Waals surface area (Å²) in [5.74, 6) is 0.573. The maximum absolute atomic E-state index is 12.0. The van der Waals surface area contributed by atoms with Gasteiger partial charge in [0.15, 0.2) is 11.5 Å². The molecule has 4 amide bonds. The predicted octanol–water partition coefficient (Wildman–Crippen LogP) is 0.864. The zero-order chi connectivity index (χ0) is 19.1. The molecule has 0 aromatic heterocycles. The highest BCUT2D eigenvalue weighted by Crippen LogP contribution is 2.34. The van der Waals surface area contributed by atoms with Gasteiger partial charge in [-0.2, -0.15) is 0 Å². The van der Waals surface area contributed by atoms with Crippen LogP contribution in [0.25, 0.3) is 0 Å². The van der Waals surface area contributed by atoms with E-state index in [-0.39, 0.29) is 25.8 Å². The molecule has 0 bridgehead atoms. The highest BCUT2D eigenvalue weighted by molar-refractivity contribution is 6.02. The Morgan fingerprint density at radius 3 is 2.46 bits per heavy atom. The minimum atomic E-state index is -0.655. The van der Waals surface area contributed by atoms with Gasteiger partial charge in [0, 0.05) is 24.8 Å². The second-order valence-electron chi connectivity index (χ2n) is 5.81. The number of rotatable bonds is 7. The van der Waals surface area contributed by atoms with Crippen molar-refractivity contribution in [2.75, 3.05) is 45.3 Å². The van der Waals surface area contributed by atoms with Gasteiger partial charge in [-0.05, 0) is 33.0 Å². The molecule has 0 fully saturated rings. The summed E-state index contributed by atoms with van der Waals surface area (Å²) in [5.41, 5.74) is 0.476. The first kappa shape index (κ1) is 19.5. The number of nitrogens with zero attached hydrogens (tertiary/aromatic N) is 2. The molecule has 0 radical (unpaired) electrons. The van der Waals surface area contributed by atoms with Gasteiger partial charge in [0.05, 0.1) is 13.1 Å². The van der Waals surface area contributed by atoms with E-state index >= 15 is 0 Å². The molecule has 142 valence electrons. The summed E-state index contributed by atoms with van der Waals surface area (Å²) in [6, 6.07) is 4.28. The largest absolute Gasteiger partial charge is 0.454 e. The number of hydrogen-bond acceptors (Lipinski definition) is 6. The molecule has 1 aromatic rings. The van der Waals surface area contributed by atoms with Crippen molar-refractivity contribution < 1.29 is 23.9 Å². The quantitative estimate of drug-likeness (QED) is 0.744. The Labute approximate surface area is 152 Å². The van der Waals surface area contributed by atoms with Gasteiger partial charge < -0.3 is 19.7 Å². The van der Waals surface area contributed by atoms with Crippen LogP contribution in [0.15, 0.2) is 18.2 Å². The number of carbonyl (C=O) groups is 3. The van der Waals surface area contributed by atoms with E-state index in [0.717, 1.165) is 0 Å². The molecule has 0 atom stereocenters. The van der Waals surface area contributed by atoms with Crippen molar-refractivity contribution in [3.05, 3.63) is 18.2 Å². The monoisotopic (exact) mass is 364 g/mol. The maximum Gasteiger partial charge on any atom is 0.325 e. The van der Waals surface area contributed by atoms with Gasteiger partial charge in [0.2, 0.25) is 18.6 Å². The van der Waals surface area contributed by atoms with E-state index < -0.39 is 11.9 Å². The van der Waals surface area contributed by atoms with Crippen molar-refractivity contribution in [3.63, 3.8) is 0 Å². The minimum Gasteiger partial charge on any atom is -0.454 e. The second-order valence-corrected chi connectivity index (χ2v) is 5.81. The molecule has 2 rings (SSSR count). The summed E-state index contributed by atoms with van der Waals surface area (Å²) in [6.07, 6.45) is 0. The zero-order valence-electron chi connectivity index (χ0n) is 15.2. The fourth-order valence-electron chi connectivity index (χ4n) is 2.51. The molecular weight excluding hydrogens is 340 g/mol. The number of likely N-dealkylation sites (N-methyl/N-ethyl adjacent to an activating group) is 2. The Bertz CT molecular complexity index is 675. The van der Waals surface area contributed by atoms with E-state index in [2.05, 4.69) is 10.6 Å². The molecule has 26 heavy (non-hydrogen) atoms. The van der Waals surface area contributed by atoms with Crippen molar-refractivity contribution in [2.45, 2.75) is 13.8 Å². The molecule has 1 aromatic carbocycles. The Morgan fingerprint density at radius 1 is 1.08 bits per heavy atom. The summed E-state index contributed by atoms with van der Waals surface area (Å²) >= 11 is 0. The van der Waals surface area contributed by atoms with Crippen LogP contribution in [0.1, 0.15) is 13.8 Å². The third-order valence-corrected chi connectivity index (χ3v) is 3.82. The molecule has 0 saturated heterocycles. The molecule has 1 aliphatic heterocycles. The standard InChI is InChI=1S/C17H24N4O5/c1-4-21(5-2)16(23)10-20(3)9-15(22)19-17(24)18-12-6-7-13-14(8-12)26-11-25-13/h6-8H,4-5,9-11H2,1-3H3,(H2,18,19,22,24). The van der Waals surface area contributed by atoms with Crippen molar-refractivity contribution in [1.82, 2.24) is 15.1 Å². The van der Waals surface area contributed by atoms with Gasteiger partial charge >= 0.3 is 6.03 Å². The van der Waals surface area contributed by atoms with Gasteiger partial charge in [-0.15, -0.1) is 0 Å². The van der Waals surface area contributed by atoms with Crippen molar-refractivity contribution in [3.8, 4) is 11.5 Å². The zero-order valence-corrected chi connectivity index (χ0v) is 15.2. The molecular formula is C17H24N4O5. The Morgan fingerprint density at radius 2 is 1.77 bits per heavy atom. The van der Waals surface area contributed by atoms with Crippen LogP contribution in [0.4, 0.5) is 10.5 Å². The van der Waals surface area contributed by atoms with Crippen LogP contribution in [0, 0.1) is 0 Å². The van der Waals surface area contributed by atoms with Crippen LogP contribution >= 0.6 is 0 Å². The minimum absolute atomic E-state index is 0.0601. The van der Waals surface area contributed by atoms with Gasteiger partial charge in [-0.3, -0.25) is 19.8 Å². The number of benzene rings is 1. The summed E-state index contributed by atoms with van der Waals surface area (Å²) in [7, 11) is 1.65. The Kier molecular flexibility index (Phi) is 6.79. The summed E-state index contributed by atoms with van der Waals surface area (Å²) in [4.78, 5) is 39.1. The van der Waals surface area contributed by atoms with Crippen LogP contribution in [0.5, 0.6) is 11.5 Å². The fraction of sp³-hybridized carbons (Fsp3) is 0.471. The number of anilines is 1. The average Bonchev–Trinajstić information content (AvgIpc) is 3.02. The normalized spacial score (nSPS) is 12.0. The number of imide groups is 1. The van der Waals surface area contributed by atoms with Crippen LogP contribution in [0.2, 0.25) is 0 Å². The summed E-state index contributed by atoms with van der Waals surface area (Å²) < 4.78 is 10.4. The van der Waals surface area contributed by atoms with E-state index in [1.54, 1.807) is 35.0 Å². The number of fused-ring (bicyclic) bond motifs is 1. The van der Waals surface area contributed by atoms with Crippen molar-refractivity contribution >= 4 is 23.5 Å². The maximum atomic E-state index is 12.0. The third kappa shape index (κ3) is 5.35. The van der Waals surface area contributed by atoms with Gasteiger partial charge in [-0.25, -0.2) is 4.79 Å². The molecule has 0 unspecified atom stereocenters.